The predicted octanol–water partition coefficient (Wildman–Crippen LogP) is 5.09. The Morgan fingerprint density at radius 2 is 1.24 bits per heavy atom. The van der Waals surface area contributed by atoms with Crippen LogP contribution >= 0.6 is 0 Å². The van der Waals surface area contributed by atoms with Gasteiger partial charge in [0.25, 0.3) is 5.91 Å². The second-order valence-corrected chi connectivity index (χ2v) is 28.1. The molecule has 0 aromatic heterocycles. The summed E-state index contributed by atoms with van der Waals surface area (Å²) < 4.78 is 32.4. The van der Waals surface area contributed by atoms with Gasteiger partial charge in [0, 0.05) is 7.05 Å². The first-order valence-electron chi connectivity index (χ1n) is 15.4. The minimum absolute atomic E-state index is 0.00168. The van der Waals surface area contributed by atoms with Crippen molar-refractivity contribution in [3.8, 4) is 5.75 Å². The van der Waals surface area contributed by atoms with Gasteiger partial charge in [-0.3, -0.25) is 14.6 Å². The van der Waals surface area contributed by atoms with Crippen molar-refractivity contribution < 1.29 is 42.2 Å². The second-order valence-electron chi connectivity index (χ2n) is 14.7. The van der Waals surface area contributed by atoms with Gasteiger partial charge in [0.05, 0.1) is 7.11 Å². The van der Waals surface area contributed by atoms with E-state index in [0.29, 0.717) is 11.1 Å². The molecule has 0 bridgehead atoms. The fourth-order valence-corrected chi connectivity index (χ4v) is 9.29. The number of urea groups is 1. The van der Waals surface area contributed by atoms with E-state index in [4.69, 9.17) is 22.8 Å². The van der Waals surface area contributed by atoms with Gasteiger partial charge in [-0.05, 0) is 82.2 Å². The highest BCUT2D eigenvalue weighted by molar-refractivity contribution is 6.70. The molecular weight excluding hydrogens is 641 g/mol. The third kappa shape index (κ3) is 7.17. The van der Waals surface area contributed by atoms with Crippen molar-refractivity contribution in [1.29, 1.82) is 0 Å². The number of amides is 3. The van der Waals surface area contributed by atoms with E-state index in [-0.39, 0.29) is 5.75 Å². The molecule has 2 fully saturated rings. The Kier molecular flexibility index (Phi) is 10.2. The van der Waals surface area contributed by atoms with Crippen LogP contribution in [0, 0.1) is 0 Å². The Bertz CT molecular complexity index is 1420. The van der Waals surface area contributed by atoms with Crippen LogP contribution in [0.25, 0.3) is 0 Å². The zero-order valence-electron chi connectivity index (χ0n) is 28.7. The fraction of sp³-hybridized carbons (Fsp3) is 0.531. The predicted molar refractivity (Wildman–Crippen MR) is 181 cm³/mol. The topological polar surface area (TPSA) is 124 Å². The van der Waals surface area contributed by atoms with Crippen molar-refractivity contribution >= 4 is 42.9 Å². The van der Waals surface area contributed by atoms with Crippen LogP contribution in [0.4, 0.5) is 4.79 Å². The number of methoxy groups -OCH3 is 1. The van der Waals surface area contributed by atoms with E-state index < -0.39 is 79.0 Å². The Morgan fingerprint density at radius 1 is 0.761 bits per heavy atom. The molecule has 3 amide bonds. The molecule has 14 heteroatoms. The highest BCUT2D eigenvalue weighted by Gasteiger charge is 2.66. The molecule has 6 atom stereocenters. The van der Waals surface area contributed by atoms with Gasteiger partial charge in [0.1, 0.15) is 24.1 Å². The van der Waals surface area contributed by atoms with Gasteiger partial charge in [-0.2, -0.15) is 0 Å². The molecule has 2 aromatic rings. The van der Waals surface area contributed by atoms with E-state index >= 15 is 0 Å². The van der Waals surface area contributed by atoms with Crippen LogP contribution in [0.3, 0.4) is 0 Å². The Morgan fingerprint density at radius 3 is 1.74 bits per heavy atom. The molecule has 2 saturated heterocycles. The van der Waals surface area contributed by atoms with Gasteiger partial charge in [0.15, 0.2) is 42.8 Å². The number of ether oxygens (including phenoxy) is 2. The van der Waals surface area contributed by atoms with E-state index in [1.54, 1.807) is 36.4 Å². The molecule has 2 aliphatic heterocycles. The Labute approximate surface area is 275 Å². The van der Waals surface area contributed by atoms with Crippen LogP contribution in [0.15, 0.2) is 54.6 Å². The Balaban J connectivity index is 2.07. The highest BCUT2D eigenvalue weighted by Crippen LogP contribution is 2.48. The lowest BCUT2D eigenvalue weighted by Crippen LogP contribution is -2.71. The number of imide groups is 1. The highest BCUT2D eigenvalue weighted by atomic mass is 28.4. The van der Waals surface area contributed by atoms with Crippen LogP contribution in [0.2, 0.25) is 58.9 Å². The number of hydrogen-bond donors (Lipinski definition) is 1. The molecule has 2 aliphatic rings. The van der Waals surface area contributed by atoms with E-state index in [0.717, 1.165) is 4.90 Å². The lowest BCUT2D eigenvalue weighted by molar-refractivity contribution is -0.248. The quantitative estimate of drug-likeness (QED) is 0.207. The van der Waals surface area contributed by atoms with Gasteiger partial charge in [-0.15, -0.1) is 0 Å². The van der Waals surface area contributed by atoms with Gasteiger partial charge >= 0.3 is 12.0 Å². The number of carbonyl (C=O) groups is 3. The minimum Gasteiger partial charge on any atom is -0.508 e. The zero-order chi connectivity index (χ0) is 34.4. The molecule has 2 aromatic carbocycles. The van der Waals surface area contributed by atoms with Crippen LogP contribution in [-0.2, 0) is 37.9 Å². The smallest absolute Gasteiger partial charge is 0.337 e. The largest absolute Gasteiger partial charge is 0.508 e. The number of esters is 1. The summed E-state index contributed by atoms with van der Waals surface area (Å²) in [6.07, 6.45) is -5.31. The molecule has 2 heterocycles. The summed E-state index contributed by atoms with van der Waals surface area (Å²) in [5, 5.41) is 10.2. The molecule has 0 saturated carbocycles. The van der Waals surface area contributed by atoms with Gasteiger partial charge < -0.3 is 27.9 Å². The summed E-state index contributed by atoms with van der Waals surface area (Å²) in [6.45, 7) is 18.2. The minimum atomic E-state index is -2.44. The summed E-state index contributed by atoms with van der Waals surface area (Å²) in [5.74, 6) is -1.22. The summed E-state index contributed by atoms with van der Waals surface area (Å²) in [4.78, 5) is 45.1. The maximum absolute atomic E-state index is 14.6. The first-order chi connectivity index (χ1) is 21.2. The molecule has 0 aliphatic carbocycles. The summed E-state index contributed by atoms with van der Waals surface area (Å²) in [5.41, 5.74) is -0.826. The van der Waals surface area contributed by atoms with Gasteiger partial charge in [-0.25, -0.2) is 9.59 Å². The summed E-state index contributed by atoms with van der Waals surface area (Å²) in [6, 6.07) is 14.5. The van der Waals surface area contributed by atoms with E-state index in [1.165, 1.54) is 31.2 Å². The number of nitrogens with zero attached hydrogens (tertiary/aromatic N) is 2. The molecule has 4 rings (SSSR count). The van der Waals surface area contributed by atoms with Crippen LogP contribution in [0.1, 0.15) is 11.1 Å². The fourth-order valence-electron chi connectivity index (χ4n) is 6.06. The number of phenolic OH excluding ortho intramolecular Hbond substituents is 1. The number of benzene rings is 2. The maximum atomic E-state index is 14.6. The average molecular weight is 689 g/mol. The van der Waals surface area contributed by atoms with Crippen molar-refractivity contribution in [2.24, 2.45) is 0 Å². The summed E-state index contributed by atoms with van der Waals surface area (Å²) >= 11 is 0. The van der Waals surface area contributed by atoms with Crippen molar-refractivity contribution in [1.82, 2.24) is 9.80 Å². The number of carbonyl (C=O) groups excluding carboxylic acids is 3. The Hall–Kier alpha value is -2.86. The van der Waals surface area contributed by atoms with Crippen molar-refractivity contribution in [2.45, 2.75) is 95.1 Å². The number of hydrogen-bond acceptors (Lipinski definition) is 9. The lowest BCUT2D eigenvalue weighted by Gasteiger charge is -2.53. The third-order valence-corrected chi connectivity index (χ3v) is 10.6. The molecule has 6 unspecified atom stereocenters. The molecule has 46 heavy (non-hydrogen) atoms. The first kappa shape index (κ1) is 36.0. The number of rotatable bonds is 10. The third-order valence-electron chi connectivity index (χ3n) is 7.62. The van der Waals surface area contributed by atoms with Crippen LogP contribution < -0.4 is 0 Å². The summed E-state index contributed by atoms with van der Waals surface area (Å²) in [7, 11) is -4.47. The monoisotopic (exact) mass is 688 g/mol. The number of likely N-dealkylation sites (N-methyl/N-ethyl adjacent to an activating group) is 1. The standard InChI is InChI=1S/C32H48N2O9Si3/c1-33-30(37)32(21-15-13-12-14-16-21,22-17-19-23(35)20-18-22)34(31(33)38)28-26(43-46(9,10)11)24(41-44(3,4)5)25(42-45(6,7)8)27(40-28)29(36)39-2/h12-20,24-28,35H,1-11H3. The molecule has 1 N–H and O–H groups in total. The average Bonchev–Trinajstić information content (AvgIpc) is 3.14. The number of phenols is 1. The molecular formula is C32H48N2O9Si3. The van der Waals surface area contributed by atoms with Gasteiger partial charge in [-0.1, -0.05) is 42.5 Å². The van der Waals surface area contributed by atoms with Crippen molar-refractivity contribution in [3.63, 3.8) is 0 Å². The normalized spacial score (nSPS) is 27.7. The molecule has 252 valence electrons. The molecule has 0 radical (unpaired) electrons. The first-order valence-corrected chi connectivity index (χ1v) is 25.7. The van der Waals surface area contributed by atoms with Crippen molar-refractivity contribution in [2.75, 3.05) is 14.2 Å². The lowest BCUT2D eigenvalue weighted by atomic mass is 9.80. The van der Waals surface area contributed by atoms with Crippen molar-refractivity contribution in [3.05, 3.63) is 65.7 Å². The van der Waals surface area contributed by atoms with Gasteiger partial charge in [0.2, 0.25) is 0 Å². The van der Waals surface area contributed by atoms with E-state index in [2.05, 4.69) is 0 Å². The number of aromatic hydroxyl groups is 1. The molecule has 11 nitrogen and oxygen atoms in total. The van der Waals surface area contributed by atoms with Crippen LogP contribution in [0.5, 0.6) is 5.75 Å². The molecule has 0 spiro atoms. The SMILES string of the molecule is COC(=O)C1OC(N2C(=O)N(C)C(=O)C2(c2ccccc2)c2ccc(O)cc2)C(O[Si](C)(C)C)C(O[Si](C)(C)C)C1O[Si](C)(C)C. The van der Waals surface area contributed by atoms with E-state index in [1.807, 2.05) is 65.0 Å². The zero-order valence-corrected chi connectivity index (χ0v) is 31.7. The van der Waals surface area contributed by atoms with E-state index in [9.17, 15) is 19.5 Å². The maximum Gasteiger partial charge on any atom is 0.337 e. The second kappa shape index (κ2) is 13.0. The van der Waals surface area contributed by atoms with Crippen LogP contribution in [-0.4, -0.2) is 103 Å².